The van der Waals surface area contributed by atoms with Crippen molar-refractivity contribution in [3.05, 3.63) is 42.3 Å². The van der Waals surface area contributed by atoms with E-state index >= 15 is 0 Å². The second-order valence-electron chi connectivity index (χ2n) is 3.10. The Morgan fingerprint density at radius 3 is 3.00 bits per heavy atom. The van der Waals surface area contributed by atoms with E-state index in [1.54, 1.807) is 6.20 Å². The topological polar surface area (TPSA) is 63.8 Å². The molecule has 0 radical (unpaired) electrons. The summed E-state index contributed by atoms with van der Waals surface area (Å²) >= 11 is 0. The minimum atomic E-state index is 0.628. The number of nitrogens with zero attached hydrogens (tertiary/aromatic N) is 3. The van der Waals surface area contributed by atoms with E-state index in [4.69, 9.17) is 0 Å². The first-order valence-corrected chi connectivity index (χ1v) is 4.81. The van der Waals surface area contributed by atoms with Crippen molar-refractivity contribution in [1.82, 2.24) is 20.4 Å². The molecular weight excluding hydrogens is 192 g/mol. The van der Waals surface area contributed by atoms with Crippen LogP contribution in [0.5, 0.6) is 0 Å². The van der Waals surface area contributed by atoms with E-state index in [-0.39, 0.29) is 0 Å². The van der Waals surface area contributed by atoms with Gasteiger partial charge in [0.25, 0.3) is 0 Å². The van der Waals surface area contributed by atoms with Gasteiger partial charge in [-0.2, -0.15) is 4.98 Å². The number of nitrogens with one attached hydrogen (secondary N) is 1. The molecule has 0 saturated carbocycles. The van der Waals surface area contributed by atoms with Crippen LogP contribution in [0, 0.1) is 0 Å². The third-order valence-electron chi connectivity index (χ3n) is 1.97. The molecule has 0 amide bonds. The average Bonchev–Trinajstić information content (AvgIpc) is 2.79. The van der Waals surface area contributed by atoms with Gasteiger partial charge in [0.15, 0.2) is 5.82 Å². The Hall–Kier alpha value is -1.75. The van der Waals surface area contributed by atoms with E-state index in [1.165, 1.54) is 6.39 Å². The minimum Gasteiger partial charge on any atom is -0.343 e. The van der Waals surface area contributed by atoms with Crippen molar-refractivity contribution in [3.8, 4) is 0 Å². The molecule has 2 rings (SSSR count). The van der Waals surface area contributed by atoms with Gasteiger partial charge in [-0.05, 0) is 12.1 Å². The molecule has 0 bridgehead atoms. The highest BCUT2D eigenvalue weighted by atomic mass is 16.5. The summed E-state index contributed by atoms with van der Waals surface area (Å²) in [6.45, 7) is 1.48. The molecule has 0 spiro atoms. The second kappa shape index (κ2) is 5.21. The Morgan fingerprint density at radius 2 is 2.27 bits per heavy atom. The zero-order valence-corrected chi connectivity index (χ0v) is 8.26. The molecule has 0 atom stereocenters. The molecule has 0 aliphatic carbocycles. The van der Waals surface area contributed by atoms with Crippen LogP contribution in [-0.4, -0.2) is 21.7 Å². The van der Waals surface area contributed by atoms with Crippen LogP contribution in [0.15, 0.2) is 35.3 Å². The van der Waals surface area contributed by atoms with Crippen LogP contribution in [0.1, 0.15) is 11.5 Å². The summed E-state index contributed by atoms with van der Waals surface area (Å²) in [7, 11) is 0. The van der Waals surface area contributed by atoms with Gasteiger partial charge in [0.2, 0.25) is 6.39 Å². The minimum absolute atomic E-state index is 0.628. The fourth-order valence-corrected chi connectivity index (χ4v) is 1.23. The van der Waals surface area contributed by atoms with E-state index in [0.717, 1.165) is 18.7 Å². The number of pyridine rings is 1. The van der Waals surface area contributed by atoms with E-state index < -0.39 is 0 Å². The SMILES string of the molecule is c1ccc(CCNCc2ncon2)nc1. The highest BCUT2D eigenvalue weighted by Gasteiger charge is 1.97. The van der Waals surface area contributed by atoms with Crippen LogP contribution < -0.4 is 5.32 Å². The van der Waals surface area contributed by atoms with Crippen LogP contribution in [0.3, 0.4) is 0 Å². The van der Waals surface area contributed by atoms with Gasteiger partial charge in [-0.15, -0.1) is 0 Å². The van der Waals surface area contributed by atoms with Gasteiger partial charge >= 0.3 is 0 Å². The predicted octanol–water partition coefficient (Wildman–Crippen LogP) is 0.797. The maximum Gasteiger partial charge on any atom is 0.213 e. The van der Waals surface area contributed by atoms with Gasteiger partial charge in [-0.3, -0.25) is 4.98 Å². The number of aromatic nitrogens is 3. The zero-order valence-electron chi connectivity index (χ0n) is 8.26. The van der Waals surface area contributed by atoms with Gasteiger partial charge in [0, 0.05) is 24.9 Å². The molecule has 15 heavy (non-hydrogen) atoms. The summed E-state index contributed by atoms with van der Waals surface area (Å²) in [6, 6.07) is 5.91. The fourth-order valence-electron chi connectivity index (χ4n) is 1.23. The fraction of sp³-hybridized carbons (Fsp3) is 0.300. The van der Waals surface area contributed by atoms with Crippen molar-refractivity contribution < 1.29 is 4.52 Å². The van der Waals surface area contributed by atoms with E-state index in [1.807, 2.05) is 18.2 Å². The van der Waals surface area contributed by atoms with Gasteiger partial charge in [-0.1, -0.05) is 11.2 Å². The molecule has 78 valence electrons. The molecule has 5 heteroatoms. The van der Waals surface area contributed by atoms with E-state index in [0.29, 0.717) is 12.4 Å². The van der Waals surface area contributed by atoms with Crippen LogP contribution >= 0.6 is 0 Å². The highest BCUT2D eigenvalue weighted by Crippen LogP contribution is 1.93. The van der Waals surface area contributed by atoms with Crippen molar-refractivity contribution in [1.29, 1.82) is 0 Å². The van der Waals surface area contributed by atoms with Crippen LogP contribution in [0.2, 0.25) is 0 Å². The van der Waals surface area contributed by atoms with Crippen molar-refractivity contribution >= 4 is 0 Å². The van der Waals surface area contributed by atoms with Gasteiger partial charge in [0.05, 0.1) is 6.54 Å². The van der Waals surface area contributed by atoms with Crippen LogP contribution in [0.4, 0.5) is 0 Å². The molecule has 2 aromatic rings. The Morgan fingerprint density at radius 1 is 1.27 bits per heavy atom. The first-order valence-electron chi connectivity index (χ1n) is 4.81. The van der Waals surface area contributed by atoms with Crippen molar-refractivity contribution in [3.63, 3.8) is 0 Å². The molecule has 0 fully saturated rings. The monoisotopic (exact) mass is 204 g/mol. The number of rotatable bonds is 5. The summed E-state index contributed by atoms with van der Waals surface area (Å²) in [5.74, 6) is 0.677. The average molecular weight is 204 g/mol. The van der Waals surface area contributed by atoms with Crippen LogP contribution in [0.25, 0.3) is 0 Å². The zero-order chi connectivity index (χ0) is 10.3. The van der Waals surface area contributed by atoms with Gasteiger partial charge in [-0.25, -0.2) is 0 Å². The lowest BCUT2D eigenvalue weighted by atomic mass is 10.3. The molecule has 0 aliphatic heterocycles. The van der Waals surface area contributed by atoms with Gasteiger partial charge in [0.1, 0.15) is 0 Å². The molecule has 0 saturated heterocycles. The lowest BCUT2D eigenvalue weighted by Crippen LogP contribution is -2.17. The number of hydrogen-bond acceptors (Lipinski definition) is 5. The molecule has 0 aliphatic rings. The molecule has 5 nitrogen and oxygen atoms in total. The predicted molar refractivity (Wildman–Crippen MR) is 53.9 cm³/mol. The summed E-state index contributed by atoms with van der Waals surface area (Å²) in [5.41, 5.74) is 1.08. The molecule has 0 unspecified atom stereocenters. The summed E-state index contributed by atoms with van der Waals surface area (Å²) in [6.07, 6.45) is 4.03. The molecular formula is C10H12N4O. The maximum atomic E-state index is 4.62. The summed E-state index contributed by atoms with van der Waals surface area (Å²) in [4.78, 5) is 8.13. The van der Waals surface area contributed by atoms with Crippen molar-refractivity contribution in [2.75, 3.05) is 6.54 Å². The first kappa shape index (κ1) is 9.79. The van der Waals surface area contributed by atoms with Crippen molar-refractivity contribution in [2.24, 2.45) is 0 Å². The number of hydrogen-bond donors (Lipinski definition) is 1. The summed E-state index contributed by atoms with van der Waals surface area (Å²) < 4.78 is 4.62. The third kappa shape index (κ3) is 3.14. The Bertz CT molecular complexity index is 374. The van der Waals surface area contributed by atoms with Crippen molar-refractivity contribution in [2.45, 2.75) is 13.0 Å². The highest BCUT2D eigenvalue weighted by molar-refractivity contribution is 5.03. The van der Waals surface area contributed by atoms with E-state index in [2.05, 4.69) is 25.0 Å². The van der Waals surface area contributed by atoms with Gasteiger partial charge < -0.3 is 9.84 Å². The second-order valence-corrected chi connectivity index (χ2v) is 3.10. The first-order chi connectivity index (χ1) is 7.45. The third-order valence-corrected chi connectivity index (χ3v) is 1.97. The quantitative estimate of drug-likeness (QED) is 0.730. The molecule has 2 aromatic heterocycles. The van der Waals surface area contributed by atoms with E-state index in [9.17, 15) is 0 Å². The molecule has 2 heterocycles. The normalized spacial score (nSPS) is 10.4. The lowest BCUT2D eigenvalue weighted by Gasteiger charge is -2.00. The smallest absolute Gasteiger partial charge is 0.213 e. The summed E-state index contributed by atoms with van der Waals surface area (Å²) in [5, 5.41) is 6.91. The van der Waals surface area contributed by atoms with Crippen LogP contribution in [-0.2, 0) is 13.0 Å². The Balaban J connectivity index is 1.68. The lowest BCUT2D eigenvalue weighted by molar-refractivity contribution is 0.407. The Kier molecular flexibility index (Phi) is 3.40. The largest absolute Gasteiger partial charge is 0.343 e. The Labute approximate surface area is 87.5 Å². The molecule has 0 aromatic carbocycles. The molecule has 1 N–H and O–H groups in total. The standard InChI is InChI=1S/C10H12N4O/c1-2-5-12-9(3-1)4-6-11-7-10-13-8-15-14-10/h1-3,5,8,11H,4,6-7H2. The maximum absolute atomic E-state index is 4.62.